The van der Waals surface area contributed by atoms with Crippen molar-refractivity contribution in [2.24, 2.45) is 5.92 Å². The standard InChI is InChI=1S/C27H28N4O2/c32-26(9-8-22-5-2-1-3-6-22)30-17-12-25(13-18-30)27(33)31(20-23-10-15-28-16-11-23)21-24-7-4-14-29-19-24/h1-11,14-16,19,25H,12-13,17-18,20-21H2/b9-8-. The third-order valence-electron chi connectivity index (χ3n) is 5.90. The molecule has 1 fully saturated rings. The Hall–Kier alpha value is -3.80. The smallest absolute Gasteiger partial charge is 0.246 e. The minimum atomic E-state index is -0.0920. The zero-order valence-corrected chi connectivity index (χ0v) is 18.6. The number of pyridine rings is 2. The van der Waals surface area contributed by atoms with Crippen LogP contribution >= 0.6 is 0 Å². The number of nitrogens with zero attached hydrogens (tertiary/aromatic N) is 4. The zero-order valence-electron chi connectivity index (χ0n) is 18.6. The Bertz CT molecular complexity index is 1020. The Labute approximate surface area is 194 Å². The van der Waals surface area contributed by atoms with Gasteiger partial charge in [-0.2, -0.15) is 0 Å². The lowest BCUT2D eigenvalue weighted by molar-refractivity contribution is -0.140. The first kappa shape index (κ1) is 22.4. The Morgan fingerprint density at radius 1 is 0.879 bits per heavy atom. The van der Waals surface area contributed by atoms with Gasteiger partial charge in [0.15, 0.2) is 0 Å². The first-order valence-corrected chi connectivity index (χ1v) is 11.3. The van der Waals surface area contributed by atoms with E-state index < -0.39 is 0 Å². The molecule has 0 radical (unpaired) electrons. The van der Waals surface area contributed by atoms with E-state index in [9.17, 15) is 9.59 Å². The quantitative estimate of drug-likeness (QED) is 0.522. The van der Waals surface area contributed by atoms with Crippen molar-refractivity contribution in [3.63, 3.8) is 0 Å². The molecule has 1 aliphatic rings. The molecule has 3 aromatic rings. The number of hydrogen-bond donors (Lipinski definition) is 0. The van der Waals surface area contributed by atoms with Crippen LogP contribution in [0.5, 0.6) is 0 Å². The van der Waals surface area contributed by atoms with Crippen LogP contribution in [-0.2, 0) is 22.7 Å². The number of aromatic nitrogens is 2. The van der Waals surface area contributed by atoms with Gasteiger partial charge in [-0.15, -0.1) is 0 Å². The fraction of sp³-hybridized carbons (Fsp3) is 0.259. The van der Waals surface area contributed by atoms with Gasteiger partial charge in [-0.3, -0.25) is 19.6 Å². The number of carbonyl (C=O) groups excluding carboxylic acids is 2. The molecule has 168 valence electrons. The van der Waals surface area contributed by atoms with E-state index >= 15 is 0 Å². The number of benzene rings is 1. The molecule has 0 saturated carbocycles. The SMILES string of the molecule is O=C(/C=C\c1ccccc1)N1CCC(C(=O)N(Cc2ccncc2)Cc2cccnc2)CC1. The summed E-state index contributed by atoms with van der Waals surface area (Å²) in [6, 6.07) is 17.5. The van der Waals surface area contributed by atoms with Crippen molar-refractivity contribution in [2.45, 2.75) is 25.9 Å². The molecule has 6 heteroatoms. The van der Waals surface area contributed by atoms with Gasteiger partial charge < -0.3 is 9.80 Å². The van der Waals surface area contributed by atoms with Gasteiger partial charge in [0.25, 0.3) is 0 Å². The average molecular weight is 441 g/mol. The van der Waals surface area contributed by atoms with Crippen LogP contribution in [0.15, 0.2) is 85.5 Å². The molecule has 2 amide bonds. The molecule has 0 bridgehead atoms. The molecule has 0 N–H and O–H groups in total. The second kappa shape index (κ2) is 11.2. The summed E-state index contributed by atoms with van der Waals surface area (Å²) in [5.74, 6) is 0.0296. The Morgan fingerprint density at radius 2 is 1.61 bits per heavy atom. The van der Waals surface area contributed by atoms with Gasteiger partial charge in [-0.25, -0.2) is 0 Å². The van der Waals surface area contributed by atoms with E-state index in [1.807, 2.05) is 70.5 Å². The second-order valence-electron chi connectivity index (χ2n) is 8.25. The van der Waals surface area contributed by atoms with E-state index in [-0.39, 0.29) is 17.7 Å². The highest BCUT2D eigenvalue weighted by Gasteiger charge is 2.30. The summed E-state index contributed by atoms with van der Waals surface area (Å²) >= 11 is 0. The molecule has 1 saturated heterocycles. The first-order valence-electron chi connectivity index (χ1n) is 11.3. The first-order chi connectivity index (χ1) is 16.2. The largest absolute Gasteiger partial charge is 0.339 e. The molecule has 1 aliphatic heterocycles. The average Bonchev–Trinajstić information content (AvgIpc) is 2.88. The summed E-state index contributed by atoms with van der Waals surface area (Å²) in [7, 11) is 0. The summed E-state index contributed by atoms with van der Waals surface area (Å²) < 4.78 is 0. The van der Waals surface area contributed by atoms with E-state index in [2.05, 4.69) is 9.97 Å². The third kappa shape index (κ3) is 6.35. The monoisotopic (exact) mass is 440 g/mol. The number of carbonyl (C=O) groups is 2. The number of hydrogen-bond acceptors (Lipinski definition) is 4. The number of likely N-dealkylation sites (tertiary alicyclic amines) is 1. The normalized spacial score (nSPS) is 14.4. The molecule has 4 rings (SSSR count). The molecule has 6 nitrogen and oxygen atoms in total. The Balaban J connectivity index is 1.38. The molecule has 0 atom stereocenters. The lowest BCUT2D eigenvalue weighted by Gasteiger charge is -2.34. The third-order valence-corrected chi connectivity index (χ3v) is 5.90. The zero-order chi connectivity index (χ0) is 22.9. The maximum absolute atomic E-state index is 13.5. The van der Waals surface area contributed by atoms with Crippen molar-refractivity contribution >= 4 is 17.9 Å². The van der Waals surface area contributed by atoms with Crippen molar-refractivity contribution in [1.82, 2.24) is 19.8 Å². The molecule has 2 aromatic heterocycles. The van der Waals surface area contributed by atoms with Gasteiger partial charge in [0, 0.05) is 63.0 Å². The van der Waals surface area contributed by atoms with E-state index in [1.54, 1.807) is 30.9 Å². The number of rotatable bonds is 7. The van der Waals surface area contributed by atoms with E-state index in [0.29, 0.717) is 39.0 Å². The van der Waals surface area contributed by atoms with Crippen molar-refractivity contribution in [2.75, 3.05) is 13.1 Å². The summed E-state index contributed by atoms with van der Waals surface area (Å²) in [6.07, 6.45) is 11.8. The summed E-state index contributed by atoms with van der Waals surface area (Å²) in [4.78, 5) is 38.0. The lowest BCUT2D eigenvalue weighted by Crippen LogP contribution is -2.43. The summed E-state index contributed by atoms with van der Waals surface area (Å²) in [5, 5.41) is 0. The van der Waals surface area contributed by atoms with Gasteiger partial charge in [0.2, 0.25) is 11.8 Å². The van der Waals surface area contributed by atoms with Crippen LogP contribution in [-0.4, -0.2) is 44.7 Å². The van der Waals surface area contributed by atoms with Crippen LogP contribution in [0.4, 0.5) is 0 Å². The van der Waals surface area contributed by atoms with Crippen molar-refractivity contribution < 1.29 is 9.59 Å². The second-order valence-corrected chi connectivity index (χ2v) is 8.25. The van der Waals surface area contributed by atoms with Gasteiger partial charge in [0.05, 0.1) is 0 Å². The van der Waals surface area contributed by atoms with E-state index in [0.717, 1.165) is 16.7 Å². The summed E-state index contributed by atoms with van der Waals surface area (Å²) in [5.41, 5.74) is 3.04. The highest BCUT2D eigenvalue weighted by molar-refractivity contribution is 5.92. The molecule has 3 heterocycles. The predicted octanol–water partition coefficient (Wildman–Crippen LogP) is 3.96. The summed E-state index contributed by atoms with van der Waals surface area (Å²) in [6.45, 7) is 2.21. The van der Waals surface area contributed by atoms with E-state index in [4.69, 9.17) is 0 Å². The number of amides is 2. The molecule has 0 spiro atoms. The van der Waals surface area contributed by atoms with Crippen LogP contribution in [0.1, 0.15) is 29.5 Å². The van der Waals surface area contributed by atoms with Gasteiger partial charge in [-0.1, -0.05) is 36.4 Å². The fourth-order valence-electron chi connectivity index (χ4n) is 4.07. The highest BCUT2D eigenvalue weighted by atomic mass is 16.2. The van der Waals surface area contributed by atoms with Crippen LogP contribution in [0.2, 0.25) is 0 Å². The number of piperidine rings is 1. The van der Waals surface area contributed by atoms with Gasteiger partial charge >= 0.3 is 0 Å². The van der Waals surface area contributed by atoms with Crippen molar-refractivity contribution in [3.8, 4) is 0 Å². The fourth-order valence-corrected chi connectivity index (χ4v) is 4.07. The van der Waals surface area contributed by atoms with Crippen LogP contribution in [0.3, 0.4) is 0 Å². The van der Waals surface area contributed by atoms with Crippen molar-refractivity contribution in [3.05, 3.63) is 102 Å². The van der Waals surface area contributed by atoms with Gasteiger partial charge in [-0.05, 0) is 53.8 Å². The lowest BCUT2D eigenvalue weighted by atomic mass is 9.94. The molecule has 0 aliphatic carbocycles. The minimum absolute atomic E-state index is 0.00578. The van der Waals surface area contributed by atoms with Gasteiger partial charge in [0.1, 0.15) is 0 Å². The molecular weight excluding hydrogens is 412 g/mol. The maximum Gasteiger partial charge on any atom is 0.246 e. The topological polar surface area (TPSA) is 66.4 Å². The maximum atomic E-state index is 13.5. The van der Waals surface area contributed by atoms with Crippen molar-refractivity contribution in [1.29, 1.82) is 0 Å². The highest BCUT2D eigenvalue weighted by Crippen LogP contribution is 2.22. The Kier molecular flexibility index (Phi) is 7.59. The Morgan fingerprint density at radius 3 is 2.30 bits per heavy atom. The predicted molar refractivity (Wildman–Crippen MR) is 128 cm³/mol. The van der Waals surface area contributed by atoms with Crippen LogP contribution < -0.4 is 0 Å². The molecular formula is C27H28N4O2. The molecule has 0 unspecified atom stereocenters. The van der Waals surface area contributed by atoms with Crippen LogP contribution in [0, 0.1) is 5.92 Å². The molecule has 1 aromatic carbocycles. The van der Waals surface area contributed by atoms with E-state index in [1.165, 1.54) is 0 Å². The molecule has 33 heavy (non-hydrogen) atoms. The van der Waals surface area contributed by atoms with Crippen LogP contribution in [0.25, 0.3) is 6.08 Å². The minimum Gasteiger partial charge on any atom is -0.339 e.